The number of amides is 2. The number of carbonyl (C=O) groups is 1. The van der Waals surface area contributed by atoms with E-state index >= 15 is 0 Å². The maximum atomic E-state index is 11.7. The van der Waals surface area contributed by atoms with Crippen LogP contribution < -0.4 is 15.4 Å². The number of aryl methyl sites for hydroxylation is 2. The highest BCUT2D eigenvalue weighted by Crippen LogP contribution is 2.16. The minimum atomic E-state index is -0.304. The molecule has 2 amide bonds. The van der Waals surface area contributed by atoms with Gasteiger partial charge in [-0.3, -0.25) is 0 Å². The summed E-state index contributed by atoms with van der Waals surface area (Å²) in [4.78, 5) is 11.7. The van der Waals surface area contributed by atoms with Gasteiger partial charge < -0.3 is 15.4 Å². The van der Waals surface area contributed by atoms with E-state index in [4.69, 9.17) is 4.74 Å². The fraction of sp³-hybridized carbons (Fsp3) is 0.188. The second kappa shape index (κ2) is 7.13. The summed E-state index contributed by atoms with van der Waals surface area (Å²) in [6.07, 6.45) is 0. The van der Waals surface area contributed by atoms with E-state index in [0.717, 1.165) is 21.5 Å². The van der Waals surface area contributed by atoms with Gasteiger partial charge in [-0.05, 0) is 61.4 Å². The Morgan fingerprint density at radius 1 is 1.10 bits per heavy atom. The van der Waals surface area contributed by atoms with Crippen molar-refractivity contribution in [1.29, 1.82) is 0 Å². The largest absolute Gasteiger partial charge is 0.473 e. The van der Waals surface area contributed by atoms with Gasteiger partial charge in [-0.1, -0.05) is 22.0 Å². The number of anilines is 1. The van der Waals surface area contributed by atoms with Crippen LogP contribution in [0.5, 0.6) is 5.75 Å². The molecule has 0 saturated carbocycles. The molecule has 0 heterocycles. The van der Waals surface area contributed by atoms with Crippen molar-refractivity contribution in [3.63, 3.8) is 0 Å². The van der Waals surface area contributed by atoms with Gasteiger partial charge in [0.05, 0.1) is 0 Å². The minimum absolute atomic E-state index is 0.116. The number of urea groups is 1. The van der Waals surface area contributed by atoms with Gasteiger partial charge in [0.25, 0.3) is 0 Å². The average molecular weight is 349 g/mol. The molecule has 0 unspecified atom stereocenters. The average Bonchev–Trinajstić information content (AvgIpc) is 2.45. The van der Waals surface area contributed by atoms with Crippen molar-refractivity contribution in [2.75, 3.05) is 12.0 Å². The van der Waals surface area contributed by atoms with Crippen molar-refractivity contribution < 1.29 is 9.53 Å². The van der Waals surface area contributed by atoms with E-state index < -0.39 is 0 Å². The Hall–Kier alpha value is -2.01. The SMILES string of the molecule is Cc1ccc(OCNC(=O)Nc2ccc(Br)cc2)cc1C. The number of benzene rings is 2. The lowest BCUT2D eigenvalue weighted by Gasteiger charge is -2.10. The minimum Gasteiger partial charge on any atom is -0.473 e. The first-order valence-electron chi connectivity index (χ1n) is 6.55. The van der Waals surface area contributed by atoms with Crippen molar-refractivity contribution in [3.8, 4) is 5.75 Å². The van der Waals surface area contributed by atoms with Gasteiger partial charge in [-0.2, -0.15) is 0 Å². The number of hydrogen-bond donors (Lipinski definition) is 2. The lowest BCUT2D eigenvalue weighted by atomic mass is 10.1. The number of rotatable bonds is 4. The van der Waals surface area contributed by atoms with Gasteiger partial charge in [0, 0.05) is 10.2 Å². The number of halogens is 1. The lowest BCUT2D eigenvalue weighted by molar-refractivity contribution is 0.234. The predicted molar refractivity (Wildman–Crippen MR) is 87.7 cm³/mol. The van der Waals surface area contributed by atoms with E-state index in [1.165, 1.54) is 5.56 Å². The maximum absolute atomic E-state index is 11.7. The summed E-state index contributed by atoms with van der Waals surface area (Å²) < 4.78 is 6.45. The molecule has 110 valence electrons. The van der Waals surface area contributed by atoms with Crippen LogP contribution in [0.2, 0.25) is 0 Å². The number of nitrogens with one attached hydrogen (secondary N) is 2. The molecular weight excluding hydrogens is 332 g/mol. The first kappa shape index (κ1) is 15.4. The topological polar surface area (TPSA) is 50.4 Å². The maximum Gasteiger partial charge on any atom is 0.321 e. The number of hydrogen-bond acceptors (Lipinski definition) is 2. The summed E-state index contributed by atoms with van der Waals surface area (Å²) in [5, 5.41) is 5.37. The van der Waals surface area contributed by atoms with Gasteiger partial charge in [0.1, 0.15) is 5.75 Å². The molecule has 0 radical (unpaired) electrons. The third-order valence-electron chi connectivity index (χ3n) is 3.05. The van der Waals surface area contributed by atoms with Crippen LogP contribution >= 0.6 is 15.9 Å². The summed E-state index contributed by atoms with van der Waals surface area (Å²) in [7, 11) is 0. The molecule has 2 aromatic carbocycles. The molecule has 0 spiro atoms. The highest BCUT2D eigenvalue weighted by atomic mass is 79.9. The molecule has 0 bridgehead atoms. The van der Waals surface area contributed by atoms with Crippen molar-refractivity contribution >= 4 is 27.6 Å². The van der Waals surface area contributed by atoms with Gasteiger partial charge >= 0.3 is 6.03 Å². The van der Waals surface area contributed by atoms with E-state index in [9.17, 15) is 4.79 Å². The Balaban J connectivity index is 1.78. The zero-order valence-corrected chi connectivity index (χ0v) is 13.5. The molecular formula is C16H17BrN2O2. The Morgan fingerprint density at radius 2 is 1.81 bits per heavy atom. The number of carbonyl (C=O) groups excluding carboxylic acids is 1. The third kappa shape index (κ3) is 4.79. The monoisotopic (exact) mass is 348 g/mol. The van der Waals surface area contributed by atoms with E-state index in [0.29, 0.717) is 0 Å². The molecule has 0 aromatic heterocycles. The molecule has 0 fully saturated rings. The fourth-order valence-corrected chi connectivity index (χ4v) is 1.96. The molecule has 4 nitrogen and oxygen atoms in total. The van der Waals surface area contributed by atoms with Crippen LogP contribution in [0.3, 0.4) is 0 Å². The Bertz CT molecular complexity index is 627. The predicted octanol–water partition coefficient (Wildman–Crippen LogP) is 4.22. The second-order valence-corrected chi connectivity index (χ2v) is 5.59. The lowest BCUT2D eigenvalue weighted by Crippen LogP contribution is -2.32. The quantitative estimate of drug-likeness (QED) is 0.812. The van der Waals surface area contributed by atoms with E-state index in [1.807, 2.05) is 56.3 Å². The van der Waals surface area contributed by atoms with Crippen molar-refractivity contribution in [2.24, 2.45) is 0 Å². The van der Waals surface area contributed by atoms with Crippen LogP contribution in [0.4, 0.5) is 10.5 Å². The van der Waals surface area contributed by atoms with Gasteiger partial charge in [0.15, 0.2) is 6.73 Å². The molecule has 0 atom stereocenters. The normalized spacial score (nSPS) is 10.0. The van der Waals surface area contributed by atoms with Crippen LogP contribution in [0.15, 0.2) is 46.9 Å². The standard InChI is InChI=1S/C16H17BrN2O2/c1-11-3-8-15(9-12(11)2)21-10-18-16(20)19-14-6-4-13(17)5-7-14/h3-9H,10H2,1-2H3,(H2,18,19,20). The molecule has 21 heavy (non-hydrogen) atoms. The van der Waals surface area contributed by atoms with Crippen LogP contribution in [0, 0.1) is 13.8 Å². The molecule has 2 rings (SSSR count). The zero-order valence-electron chi connectivity index (χ0n) is 11.9. The highest BCUT2D eigenvalue weighted by Gasteiger charge is 2.02. The fourth-order valence-electron chi connectivity index (χ4n) is 1.70. The summed E-state index contributed by atoms with van der Waals surface area (Å²) in [6, 6.07) is 12.9. The van der Waals surface area contributed by atoms with E-state index in [2.05, 4.69) is 26.6 Å². The molecule has 0 aliphatic rings. The zero-order chi connectivity index (χ0) is 15.2. The van der Waals surface area contributed by atoms with Crippen molar-refractivity contribution in [2.45, 2.75) is 13.8 Å². The second-order valence-electron chi connectivity index (χ2n) is 4.67. The van der Waals surface area contributed by atoms with Crippen LogP contribution in [0.25, 0.3) is 0 Å². The van der Waals surface area contributed by atoms with Gasteiger partial charge in [0.2, 0.25) is 0 Å². The number of ether oxygens (including phenoxy) is 1. The first-order chi connectivity index (χ1) is 10.0. The Kier molecular flexibility index (Phi) is 5.22. The Labute approximate surface area is 132 Å². The van der Waals surface area contributed by atoms with Crippen LogP contribution in [0.1, 0.15) is 11.1 Å². The molecule has 0 aliphatic heterocycles. The van der Waals surface area contributed by atoms with Crippen LogP contribution in [-0.4, -0.2) is 12.8 Å². The van der Waals surface area contributed by atoms with Gasteiger partial charge in [-0.25, -0.2) is 4.79 Å². The van der Waals surface area contributed by atoms with E-state index in [-0.39, 0.29) is 12.8 Å². The summed E-state index contributed by atoms with van der Waals surface area (Å²) >= 11 is 3.34. The van der Waals surface area contributed by atoms with Crippen molar-refractivity contribution in [1.82, 2.24) is 5.32 Å². The summed E-state index contributed by atoms with van der Waals surface area (Å²) in [6.45, 7) is 4.18. The summed E-state index contributed by atoms with van der Waals surface area (Å²) in [5.41, 5.74) is 3.09. The smallest absolute Gasteiger partial charge is 0.321 e. The van der Waals surface area contributed by atoms with Gasteiger partial charge in [-0.15, -0.1) is 0 Å². The highest BCUT2D eigenvalue weighted by molar-refractivity contribution is 9.10. The molecule has 0 saturated heterocycles. The third-order valence-corrected chi connectivity index (χ3v) is 3.58. The first-order valence-corrected chi connectivity index (χ1v) is 7.34. The summed E-state index contributed by atoms with van der Waals surface area (Å²) in [5.74, 6) is 0.738. The molecule has 5 heteroatoms. The van der Waals surface area contributed by atoms with Crippen LogP contribution in [-0.2, 0) is 0 Å². The Morgan fingerprint density at radius 3 is 2.48 bits per heavy atom. The molecule has 0 aliphatic carbocycles. The van der Waals surface area contributed by atoms with E-state index in [1.54, 1.807) is 0 Å². The molecule has 2 N–H and O–H groups in total. The molecule has 2 aromatic rings. The van der Waals surface area contributed by atoms with Crippen molar-refractivity contribution in [3.05, 3.63) is 58.1 Å².